The molecule has 1 fully saturated rings. The van der Waals surface area contributed by atoms with Gasteiger partial charge < -0.3 is 19.5 Å². The van der Waals surface area contributed by atoms with E-state index in [0.717, 1.165) is 44.3 Å². The number of aliphatic imine (C=N–C) groups is 1. The van der Waals surface area contributed by atoms with Gasteiger partial charge in [0.2, 0.25) is 5.89 Å². The van der Waals surface area contributed by atoms with Gasteiger partial charge in [0, 0.05) is 32.0 Å². The van der Waals surface area contributed by atoms with Crippen LogP contribution in [0.5, 0.6) is 0 Å². The molecule has 2 rings (SSSR count). The number of carbonyl (C=O) groups is 1. The van der Waals surface area contributed by atoms with Gasteiger partial charge in [0.05, 0.1) is 19.1 Å². The molecule has 1 aromatic heterocycles. The Hall–Kier alpha value is -2.12. The molecule has 1 aliphatic heterocycles. The summed E-state index contributed by atoms with van der Waals surface area (Å²) in [7, 11) is 0. The van der Waals surface area contributed by atoms with Crippen LogP contribution >= 0.6 is 0 Å². The third-order valence-electron chi connectivity index (χ3n) is 4.34. The van der Waals surface area contributed by atoms with Gasteiger partial charge in [-0.15, -0.1) is 0 Å². The molecular formula is C18H31N5O3. The minimum absolute atomic E-state index is 0.00178. The van der Waals surface area contributed by atoms with Gasteiger partial charge in [0.1, 0.15) is 0 Å². The van der Waals surface area contributed by atoms with E-state index in [0.29, 0.717) is 25.5 Å². The van der Waals surface area contributed by atoms with Crippen molar-refractivity contribution in [3.05, 3.63) is 11.7 Å². The number of rotatable bonds is 7. The Labute approximate surface area is 155 Å². The number of guanidine groups is 1. The SMILES string of the molecule is CCNC(=NCCc1nc(C(C)C)no1)N1CCC(C(=O)OCC)CC1. The van der Waals surface area contributed by atoms with Crippen LogP contribution in [-0.2, 0) is 16.0 Å². The highest BCUT2D eigenvalue weighted by Crippen LogP contribution is 2.19. The molecule has 26 heavy (non-hydrogen) atoms. The summed E-state index contributed by atoms with van der Waals surface area (Å²) in [5, 5.41) is 7.30. The largest absolute Gasteiger partial charge is 0.466 e. The van der Waals surface area contributed by atoms with Crippen molar-refractivity contribution < 1.29 is 14.1 Å². The molecule has 0 aliphatic carbocycles. The molecule has 8 nitrogen and oxygen atoms in total. The topological polar surface area (TPSA) is 92.9 Å². The second-order valence-corrected chi connectivity index (χ2v) is 6.70. The third-order valence-corrected chi connectivity index (χ3v) is 4.34. The minimum Gasteiger partial charge on any atom is -0.466 e. The van der Waals surface area contributed by atoms with E-state index in [1.54, 1.807) is 0 Å². The van der Waals surface area contributed by atoms with Gasteiger partial charge in [-0.2, -0.15) is 4.98 Å². The number of carbonyl (C=O) groups excluding carboxylic acids is 1. The van der Waals surface area contributed by atoms with Crippen LogP contribution in [0.3, 0.4) is 0 Å². The van der Waals surface area contributed by atoms with Crippen molar-refractivity contribution in [2.75, 3.05) is 32.8 Å². The second-order valence-electron chi connectivity index (χ2n) is 6.70. The van der Waals surface area contributed by atoms with E-state index >= 15 is 0 Å². The lowest BCUT2D eigenvalue weighted by atomic mass is 9.97. The fourth-order valence-corrected chi connectivity index (χ4v) is 2.87. The Morgan fingerprint density at radius 3 is 2.69 bits per heavy atom. The molecule has 0 spiro atoms. The summed E-state index contributed by atoms with van der Waals surface area (Å²) in [5.74, 6) is 2.41. The lowest BCUT2D eigenvalue weighted by Crippen LogP contribution is -2.46. The number of nitrogens with one attached hydrogen (secondary N) is 1. The van der Waals surface area contributed by atoms with Crippen LogP contribution < -0.4 is 5.32 Å². The number of ether oxygens (including phenoxy) is 1. The highest BCUT2D eigenvalue weighted by molar-refractivity contribution is 5.80. The van der Waals surface area contributed by atoms with Crippen molar-refractivity contribution in [3.8, 4) is 0 Å². The Morgan fingerprint density at radius 1 is 1.38 bits per heavy atom. The van der Waals surface area contributed by atoms with Crippen LogP contribution in [0.25, 0.3) is 0 Å². The maximum absolute atomic E-state index is 11.9. The molecule has 8 heteroatoms. The molecule has 2 heterocycles. The molecule has 0 aromatic carbocycles. The van der Waals surface area contributed by atoms with E-state index in [-0.39, 0.29) is 17.8 Å². The van der Waals surface area contributed by atoms with Crippen LogP contribution in [-0.4, -0.2) is 59.8 Å². The van der Waals surface area contributed by atoms with E-state index in [2.05, 4.69) is 25.3 Å². The number of aromatic nitrogens is 2. The number of likely N-dealkylation sites (tertiary alicyclic amines) is 1. The monoisotopic (exact) mass is 365 g/mol. The fraction of sp³-hybridized carbons (Fsp3) is 0.778. The zero-order chi connectivity index (χ0) is 18.9. The molecule has 0 saturated carbocycles. The normalized spacial score (nSPS) is 16.2. The van der Waals surface area contributed by atoms with Gasteiger partial charge in [0.15, 0.2) is 11.8 Å². The fourth-order valence-electron chi connectivity index (χ4n) is 2.87. The third kappa shape index (κ3) is 5.71. The molecule has 1 N–H and O–H groups in total. The van der Waals surface area contributed by atoms with Crippen LogP contribution in [0.15, 0.2) is 9.52 Å². The average Bonchev–Trinajstić information content (AvgIpc) is 3.11. The number of hydrogen-bond donors (Lipinski definition) is 1. The maximum Gasteiger partial charge on any atom is 0.309 e. The molecule has 0 bridgehead atoms. The Bertz CT molecular complexity index is 591. The first kappa shape index (κ1) is 20.2. The highest BCUT2D eigenvalue weighted by atomic mass is 16.5. The van der Waals surface area contributed by atoms with Gasteiger partial charge in [0.25, 0.3) is 0 Å². The van der Waals surface area contributed by atoms with E-state index in [4.69, 9.17) is 9.26 Å². The summed E-state index contributed by atoms with van der Waals surface area (Å²) in [5.41, 5.74) is 0. The van der Waals surface area contributed by atoms with E-state index < -0.39 is 0 Å². The molecule has 146 valence electrons. The first-order valence-corrected chi connectivity index (χ1v) is 9.57. The zero-order valence-electron chi connectivity index (χ0n) is 16.3. The molecule has 0 atom stereocenters. The summed E-state index contributed by atoms with van der Waals surface area (Å²) < 4.78 is 10.4. The second kappa shape index (κ2) is 10.1. The number of esters is 1. The van der Waals surface area contributed by atoms with Gasteiger partial charge >= 0.3 is 5.97 Å². The number of nitrogens with zero attached hydrogens (tertiary/aromatic N) is 4. The first-order valence-electron chi connectivity index (χ1n) is 9.57. The number of hydrogen-bond acceptors (Lipinski definition) is 6. The van der Waals surface area contributed by atoms with E-state index in [1.807, 2.05) is 27.7 Å². The van der Waals surface area contributed by atoms with Gasteiger partial charge in [-0.25, -0.2) is 0 Å². The van der Waals surface area contributed by atoms with Crippen molar-refractivity contribution in [1.82, 2.24) is 20.4 Å². The van der Waals surface area contributed by atoms with Crippen LogP contribution in [0.2, 0.25) is 0 Å². The van der Waals surface area contributed by atoms with Crippen molar-refractivity contribution in [2.45, 2.75) is 52.9 Å². The summed E-state index contributed by atoms with van der Waals surface area (Å²) in [6.07, 6.45) is 2.21. The van der Waals surface area contributed by atoms with E-state index in [9.17, 15) is 4.79 Å². The Balaban J connectivity index is 1.87. The summed E-state index contributed by atoms with van der Waals surface area (Å²) in [4.78, 5) is 23.1. The van der Waals surface area contributed by atoms with E-state index in [1.165, 1.54) is 0 Å². The lowest BCUT2D eigenvalue weighted by Gasteiger charge is -2.33. The molecule has 1 aliphatic rings. The maximum atomic E-state index is 11.9. The standard InChI is InChI=1S/C18H31N5O3/c1-5-19-18(20-10-7-15-21-16(13(3)4)22-26-15)23-11-8-14(9-12-23)17(24)25-6-2/h13-14H,5-12H2,1-4H3,(H,19,20). The molecule has 1 aromatic rings. The average molecular weight is 365 g/mol. The van der Waals surface area contributed by atoms with Gasteiger partial charge in [-0.3, -0.25) is 9.79 Å². The first-order chi connectivity index (χ1) is 12.5. The molecular weight excluding hydrogens is 334 g/mol. The zero-order valence-corrected chi connectivity index (χ0v) is 16.3. The summed E-state index contributed by atoms with van der Waals surface area (Å²) in [6.45, 7) is 11.4. The lowest BCUT2D eigenvalue weighted by molar-refractivity contribution is -0.149. The van der Waals surface area contributed by atoms with Crippen LogP contribution in [0.1, 0.15) is 58.2 Å². The summed E-state index contributed by atoms with van der Waals surface area (Å²) in [6, 6.07) is 0. The predicted octanol–water partition coefficient (Wildman–Crippen LogP) is 1.98. The van der Waals surface area contributed by atoms with Crippen molar-refractivity contribution in [1.29, 1.82) is 0 Å². The molecule has 0 radical (unpaired) electrons. The molecule has 0 amide bonds. The number of piperidine rings is 1. The van der Waals surface area contributed by atoms with Crippen LogP contribution in [0, 0.1) is 5.92 Å². The van der Waals surface area contributed by atoms with Gasteiger partial charge in [-0.1, -0.05) is 19.0 Å². The Morgan fingerprint density at radius 2 is 2.12 bits per heavy atom. The van der Waals surface area contributed by atoms with Crippen molar-refractivity contribution >= 4 is 11.9 Å². The quantitative estimate of drug-likeness (QED) is 0.448. The minimum atomic E-state index is -0.0774. The molecule has 0 unspecified atom stereocenters. The smallest absolute Gasteiger partial charge is 0.309 e. The van der Waals surface area contributed by atoms with Crippen molar-refractivity contribution in [3.63, 3.8) is 0 Å². The highest BCUT2D eigenvalue weighted by Gasteiger charge is 2.27. The van der Waals surface area contributed by atoms with Crippen LogP contribution in [0.4, 0.5) is 0 Å². The van der Waals surface area contributed by atoms with Gasteiger partial charge in [-0.05, 0) is 26.7 Å². The van der Waals surface area contributed by atoms with Crippen molar-refractivity contribution in [2.24, 2.45) is 10.9 Å². The molecule has 1 saturated heterocycles. The summed E-state index contributed by atoms with van der Waals surface area (Å²) >= 11 is 0. The Kier molecular flexibility index (Phi) is 7.87. The predicted molar refractivity (Wildman–Crippen MR) is 99.0 cm³/mol.